The van der Waals surface area contributed by atoms with Crippen LogP contribution in [-0.2, 0) is 17.7 Å². The molecule has 3 aromatic rings. The number of aromatic nitrogens is 3. The molecule has 0 saturated carbocycles. The Kier molecular flexibility index (Phi) is 4.89. The van der Waals surface area contributed by atoms with Gasteiger partial charge in [0.05, 0.1) is 36.6 Å². The Hall–Kier alpha value is -2.40. The molecule has 0 unspecified atom stereocenters. The predicted molar refractivity (Wildman–Crippen MR) is 100.0 cm³/mol. The van der Waals surface area contributed by atoms with Crippen molar-refractivity contribution in [3.63, 3.8) is 0 Å². The van der Waals surface area contributed by atoms with Crippen molar-refractivity contribution in [1.82, 2.24) is 14.7 Å². The first-order chi connectivity index (χ1) is 12.7. The number of imidazole rings is 1. The van der Waals surface area contributed by atoms with Crippen molar-refractivity contribution in [3.05, 3.63) is 59.9 Å². The predicted octanol–water partition coefficient (Wildman–Crippen LogP) is 4.29. The van der Waals surface area contributed by atoms with Crippen LogP contribution in [0.3, 0.4) is 0 Å². The maximum absolute atomic E-state index is 5.65. The van der Waals surface area contributed by atoms with Gasteiger partial charge >= 0.3 is 0 Å². The van der Waals surface area contributed by atoms with Crippen LogP contribution in [0.4, 0.5) is 0 Å². The highest BCUT2D eigenvalue weighted by atomic mass is 16.5. The molecule has 3 heterocycles. The zero-order valence-electron chi connectivity index (χ0n) is 15.4. The van der Waals surface area contributed by atoms with E-state index in [1.165, 1.54) is 5.69 Å². The molecule has 1 fully saturated rings. The first-order valence-electron chi connectivity index (χ1n) is 9.33. The molecule has 4 rings (SSSR count). The summed E-state index contributed by atoms with van der Waals surface area (Å²) in [5.74, 6) is 1.81. The van der Waals surface area contributed by atoms with E-state index in [0.717, 1.165) is 48.8 Å². The Morgan fingerprint density at radius 2 is 2.08 bits per heavy atom. The standard InChI is InChI=1S/C21H25N3O2/c1-15(2)10-18-11-19(26-23-18)12-24-14-22-20(16-6-4-3-5-7-16)21(24)17-8-9-25-13-17/h3-7,11,14-15,17H,8-10,12-13H2,1-2H3/t17-/m1/s1. The number of rotatable bonds is 6. The molecule has 0 amide bonds. The molecule has 136 valence electrons. The number of ether oxygens (including phenoxy) is 1. The van der Waals surface area contributed by atoms with Crippen molar-refractivity contribution in [2.45, 2.75) is 39.2 Å². The Bertz CT molecular complexity index is 845. The highest BCUT2D eigenvalue weighted by Crippen LogP contribution is 2.33. The van der Waals surface area contributed by atoms with Gasteiger partial charge in [-0.3, -0.25) is 0 Å². The lowest BCUT2D eigenvalue weighted by atomic mass is 9.99. The summed E-state index contributed by atoms with van der Waals surface area (Å²) in [6.45, 7) is 6.59. The minimum Gasteiger partial charge on any atom is -0.381 e. The number of nitrogens with zero attached hydrogens (tertiary/aromatic N) is 3. The molecule has 5 heteroatoms. The molecule has 5 nitrogen and oxygen atoms in total. The van der Waals surface area contributed by atoms with Gasteiger partial charge in [0.25, 0.3) is 0 Å². The highest BCUT2D eigenvalue weighted by molar-refractivity contribution is 5.62. The maximum Gasteiger partial charge on any atom is 0.156 e. The van der Waals surface area contributed by atoms with Gasteiger partial charge in [-0.1, -0.05) is 49.3 Å². The first-order valence-corrected chi connectivity index (χ1v) is 9.33. The fraction of sp³-hybridized carbons (Fsp3) is 0.429. The molecule has 0 bridgehead atoms. The summed E-state index contributed by atoms with van der Waals surface area (Å²) in [6.07, 6.45) is 3.88. The third-order valence-electron chi connectivity index (χ3n) is 4.79. The molecule has 0 radical (unpaired) electrons. The molecule has 0 spiro atoms. The fourth-order valence-corrected chi connectivity index (χ4v) is 3.63. The van der Waals surface area contributed by atoms with Crippen LogP contribution in [0.15, 0.2) is 47.2 Å². The molecule has 0 aliphatic carbocycles. The van der Waals surface area contributed by atoms with E-state index in [2.05, 4.69) is 53.9 Å². The van der Waals surface area contributed by atoms with Gasteiger partial charge in [-0.05, 0) is 18.8 Å². The maximum atomic E-state index is 5.65. The molecule has 26 heavy (non-hydrogen) atoms. The average molecular weight is 351 g/mol. The van der Waals surface area contributed by atoms with E-state index in [-0.39, 0.29) is 0 Å². The minimum atomic E-state index is 0.366. The van der Waals surface area contributed by atoms with E-state index in [1.54, 1.807) is 0 Å². The third-order valence-corrected chi connectivity index (χ3v) is 4.79. The van der Waals surface area contributed by atoms with Crippen LogP contribution in [0.25, 0.3) is 11.3 Å². The second kappa shape index (κ2) is 7.46. The number of benzene rings is 1. The van der Waals surface area contributed by atoms with E-state index in [9.17, 15) is 0 Å². The number of hydrogen-bond acceptors (Lipinski definition) is 4. The van der Waals surface area contributed by atoms with E-state index in [0.29, 0.717) is 18.4 Å². The summed E-state index contributed by atoms with van der Waals surface area (Å²) in [5, 5.41) is 4.21. The Morgan fingerprint density at radius 3 is 2.81 bits per heavy atom. The lowest BCUT2D eigenvalue weighted by molar-refractivity contribution is 0.193. The highest BCUT2D eigenvalue weighted by Gasteiger charge is 2.26. The van der Waals surface area contributed by atoms with Crippen LogP contribution in [0.5, 0.6) is 0 Å². The van der Waals surface area contributed by atoms with Crippen LogP contribution in [-0.4, -0.2) is 27.9 Å². The molecule has 1 aromatic carbocycles. The van der Waals surface area contributed by atoms with Crippen LogP contribution >= 0.6 is 0 Å². The van der Waals surface area contributed by atoms with Gasteiger partial charge in [-0.25, -0.2) is 4.98 Å². The zero-order valence-corrected chi connectivity index (χ0v) is 15.4. The lowest BCUT2D eigenvalue weighted by Gasteiger charge is -2.14. The summed E-state index contributed by atoms with van der Waals surface area (Å²) in [5.41, 5.74) is 4.44. The van der Waals surface area contributed by atoms with Gasteiger partial charge in [-0.2, -0.15) is 0 Å². The van der Waals surface area contributed by atoms with E-state index >= 15 is 0 Å². The molecule has 1 saturated heterocycles. The topological polar surface area (TPSA) is 53.1 Å². The van der Waals surface area contributed by atoms with Gasteiger partial charge in [-0.15, -0.1) is 0 Å². The molecule has 1 aliphatic heterocycles. The molecule has 1 aliphatic rings. The number of hydrogen-bond donors (Lipinski definition) is 0. The van der Waals surface area contributed by atoms with Gasteiger partial charge in [0.1, 0.15) is 0 Å². The quantitative estimate of drug-likeness (QED) is 0.665. The minimum absolute atomic E-state index is 0.366. The first kappa shape index (κ1) is 17.0. The second-order valence-electron chi connectivity index (χ2n) is 7.42. The molecule has 2 aromatic heterocycles. The van der Waals surface area contributed by atoms with Crippen LogP contribution in [0, 0.1) is 5.92 Å². The Labute approximate surface area is 154 Å². The molecule has 1 atom stereocenters. The van der Waals surface area contributed by atoms with Crippen molar-refractivity contribution in [3.8, 4) is 11.3 Å². The fourth-order valence-electron chi connectivity index (χ4n) is 3.63. The normalized spacial score (nSPS) is 17.3. The van der Waals surface area contributed by atoms with Gasteiger partial charge in [0.15, 0.2) is 5.76 Å². The Balaban J connectivity index is 1.65. The monoisotopic (exact) mass is 351 g/mol. The smallest absolute Gasteiger partial charge is 0.156 e. The van der Waals surface area contributed by atoms with Crippen molar-refractivity contribution >= 4 is 0 Å². The summed E-state index contributed by atoms with van der Waals surface area (Å²) >= 11 is 0. The Morgan fingerprint density at radius 1 is 1.23 bits per heavy atom. The SMILES string of the molecule is CC(C)Cc1cc(Cn2cnc(-c3ccccc3)c2[C@@H]2CCOC2)on1. The van der Waals surface area contributed by atoms with Crippen LogP contribution in [0.1, 0.15) is 43.3 Å². The van der Waals surface area contributed by atoms with E-state index < -0.39 is 0 Å². The average Bonchev–Trinajstić information content (AvgIpc) is 3.36. The van der Waals surface area contributed by atoms with Crippen molar-refractivity contribution in [1.29, 1.82) is 0 Å². The lowest BCUT2D eigenvalue weighted by Crippen LogP contribution is -2.09. The largest absolute Gasteiger partial charge is 0.381 e. The molecular formula is C21H25N3O2. The summed E-state index contributed by atoms with van der Waals surface area (Å²) in [4.78, 5) is 4.73. The van der Waals surface area contributed by atoms with Crippen LogP contribution < -0.4 is 0 Å². The summed E-state index contributed by atoms with van der Waals surface area (Å²) in [7, 11) is 0. The van der Waals surface area contributed by atoms with E-state index in [1.807, 2.05) is 12.4 Å². The van der Waals surface area contributed by atoms with Crippen molar-refractivity contribution in [2.75, 3.05) is 13.2 Å². The van der Waals surface area contributed by atoms with Gasteiger partial charge in [0, 0.05) is 24.2 Å². The summed E-state index contributed by atoms with van der Waals surface area (Å²) in [6, 6.07) is 12.4. The third kappa shape index (κ3) is 3.58. The zero-order chi connectivity index (χ0) is 17.9. The van der Waals surface area contributed by atoms with Gasteiger partial charge < -0.3 is 13.8 Å². The van der Waals surface area contributed by atoms with E-state index in [4.69, 9.17) is 14.2 Å². The van der Waals surface area contributed by atoms with Crippen molar-refractivity contribution < 1.29 is 9.26 Å². The molecule has 0 N–H and O–H groups in total. The van der Waals surface area contributed by atoms with Crippen molar-refractivity contribution in [2.24, 2.45) is 5.92 Å². The summed E-state index contributed by atoms with van der Waals surface area (Å²) < 4.78 is 13.4. The second-order valence-corrected chi connectivity index (χ2v) is 7.42. The van der Waals surface area contributed by atoms with Crippen LogP contribution in [0.2, 0.25) is 0 Å². The van der Waals surface area contributed by atoms with Gasteiger partial charge in [0.2, 0.25) is 0 Å². The molecular weight excluding hydrogens is 326 g/mol.